The van der Waals surface area contributed by atoms with Crippen molar-refractivity contribution in [3.05, 3.63) is 65.0 Å². The third-order valence-electron chi connectivity index (χ3n) is 4.95. The minimum absolute atomic E-state index is 0.0457. The first-order chi connectivity index (χ1) is 17.0. The molecule has 5 atom stereocenters. The molecule has 0 aliphatic carbocycles. The highest BCUT2D eigenvalue weighted by atomic mass is 31.2. The number of nitrogen functional groups attached to an aromatic ring is 1. The average Bonchev–Trinajstić information content (AvgIpc) is 3.12. The number of halogens is 1. The Morgan fingerprint density at radius 1 is 1.33 bits per heavy atom. The maximum Gasteiger partial charge on any atom is 0.459 e. The Morgan fingerprint density at radius 3 is 2.64 bits per heavy atom. The number of nitrogens with two attached hydrogens (primary N) is 1. The van der Waals surface area contributed by atoms with Gasteiger partial charge in [0.15, 0.2) is 6.23 Å². The number of rotatable bonds is 10. The molecule has 4 N–H and O–H groups in total. The summed E-state index contributed by atoms with van der Waals surface area (Å²) >= 11 is 0. The number of anilines is 1. The summed E-state index contributed by atoms with van der Waals surface area (Å²) in [7, 11) is -4.26. The number of ether oxygens (including phenoxy) is 2. The Labute approximate surface area is 206 Å². The van der Waals surface area contributed by atoms with E-state index < -0.39 is 56.6 Å². The van der Waals surface area contributed by atoms with E-state index in [1.807, 2.05) is 0 Å². The molecular weight excluding hydrogens is 498 g/mol. The molecule has 0 amide bonds. The summed E-state index contributed by atoms with van der Waals surface area (Å²) in [6, 6.07) is 8.26. The second-order valence-electron chi connectivity index (χ2n) is 8.16. The summed E-state index contributed by atoms with van der Waals surface area (Å²) in [4.78, 5) is 28.0. The molecule has 2 aromatic rings. The Kier molecular flexibility index (Phi) is 8.98. The van der Waals surface area contributed by atoms with Crippen LogP contribution in [0.3, 0.4) is 0 Å². The number of hydrogen-bond donors (Lipinski definition) is 3. The fourth-order valence-electron chi connectivity index (χ4n) is 3.26. The quantitative estimate of drug-likeness (QED) is 0.307. The van der Waals surface area contributed by atoms with Gasteiger partial charge in [0.25, 0.3) is 0 Å². The third-order valence-corrected chi connectivity index (χ3v) is 6.59. The Hall–Kier alpha value is -3.09. The van der Waals surface area contributed by atoms with Gasteiger partial charge in [-0.05, 0) is 39.0 Å². The molecule has 3 rings (SSSR count). The van der Waals surface area contributed by atoms with Gasteiger partial charge in [-0.1, -0.05) is 18.2 Å². The van der Waals surface area contributed by atoms with Crippen LogP contribution in [0.5, 0.6) is 5.75 Å². The molecule has 1 aromatic heterocycles. The smallest absolute Gasteiger partial charge is 0.459 e. The Bertz CT molecular complexity index is 1190. The zero-order valence-electron chi connectivity index (χ0n) is 19.8. The van der Waals surface area contributed by atoms with E-state index in [0.717, 1.165) is 4.57 Å². The normalized spacial score (nSPS) is 23.4. The van der Waals surface area contributed by atoms with Gasteiger partial charge < -0.3 is 24.8 Å². The van der Waals surface area contributed by atoms with Gasteiger partial charge in [0.1, 0.15) is 29.8 Å². The largest absolute Gasteiger partial charge is 0.462 e. The summed E-state index contributed by atoms with van der Waals surface area (Å²) in [5.41, 5.74) is 4.38. The summed E-state index contributed by atoms with van der Waals surface area (Å²) in [5.74, 6) is -0.566. The third kappa shape index (κ3) is 6.77. The van der Waals surface area contributed by atoms with Crippen LogP contribution in [0.1, 0.15) is 27.0 Å². The Morgan fingerprint density at radius 2 is 2.03 bits per heavy atom. The molecule has 1 fully saturated rings. The molecule has 36 heavy (non-hydrogen) atoms. The van der Waals surface area contributed by atoms with E-state index >= 15 is 0 Å². The summed E-state index contributed by atoms with van der Waals surface area (Å²) in [6.45, 7) is 4.17. The minimum Gasteiger partial charge on any atom is -0.462 e. The number of nitrogens with one attached hydrogen (secondary N) is 1. The summed E-state index contributed by atoms with van der Waals surface area (Å²) < 4.78 is 49.9. The second-order valence-corrected chi connectivity index (χ2v) is 9.85. The van der Waals surface area contributed by atoms with Gasteiger partial charge in [-0.15, -0.1) is 0 Å². The van der Waals surface area contributed by atoms with Gasteiger partial charge in [-0.25, -0.2) is 13.8 Å². The maximum absolute atomic E-state index is 13.6. The van der Waals surface area contributed by atoms with Crippen molar-refractivity contribution in [3.8, 4) is 5.75 Å². The monoisotopic (exact) mass is 526 g/mol. The lowest BCUT2D eigenvalue weighted by atomic mass is 10.1. The van der Waals surface area contributed by atoms with Crippen LogP contribution in [0.15, 0.2) is 59.3 Å². The lowest BCUT2D eigenvalue weighted by Gasteiger charge is -2.25. The van der Waals surface area contributed by atoms with E-state index in [1.54, 1.807) is 32.0 Å². The number of benzene rings is 1. The molecule has 0 spiro atoms. The fraction of sp³-hybridized carbons (Fsp3) is 0.409. The number of aromatic nitrogens is 2. The van der Waals surface area contributed by atoms with Crippen LogP contribution in [0.25, 0.3) is 0 Å². The van der Waals surface area contributed by atoms with Crippen molar-refractivity contribution in [1.29, 1.82) is 0 Å². The van der Waals surface area contributed by atoms with Crippen LogP contribution in [0, 0.1) is 0 Å². The SMILES string of the molecule is CC(C)OC(=O)[C@@H](C)NP(=O)(OC[C@H]1OC(n2ccc(N)nc2=O)/C(=C/F)[C@@H]1O)Oc1ccccc1. The van der Waals surface area contributed by atoms with Gasteiger partial charge >= 0.3 is 19.4 Å². The Balaban J connectivity index is 1.79. The molecule has 14 heteroatoms. The fourth-order valence-corrected chi connectivity index (χ4v) is 4.77. The predicted molar refractivity (Wildman–Crippen MR) is 126 cm³/mol. The number of hydrogen-bond acceptors (Lipinski definition) is 10. The van der Waals surface area contributed by atoms with Gasteiger partial charge in [0.2, 0.25) is 0 Å². The van der Waals surface area contributed by atoms with Gasteiger partial charge in [-0.2, -0.15) is 10.1 Å². The number of aliphatic hydroxyl groups is 1. The van der Waals surface area contributed by atoms with Gasteiger partial charge in [0.05, 0.1) is 19.0 Å². The van der Waals surface area contributed by atoms with Crippen LogP contribution in [0.4, 0.5) is 10.2 Å². The molecule has 0 bridgehead atoms. The van der Waals surface area contributed by atoms with E-state index in [-0.39, 0.29) is 23.5 Å². The van der Waals surface area contributed by atoms with Crippen LogP contribution in [-0.2, 0) is 23.4 Å². The number of para-hydroxylation sites is 1. The van der Waals surface area contributed by atoms with Crippen LogP contribution in [0.2, 0.25) is 0 Å². The molecular formula is C22H28FN4O8P. The van der Waals surface area contributed by atoms with Crippen molar-refractivity contribution < 1.29 is 37.4 Å². The topological polar surface area (TPSA) is 164 Å². The first kappa shape index (κ1) is 27.5. The second kappa shape index (κ2) is 11.8. The molecule has 196 valence electrons. The summed E-state index contributed by atoms with van der Waals surface area (Å²) in [5, 5.41) is 13.1. The van der Waals surface area contributed by atoms with Crippen molar-refractivity contribution in [2.45, 2.75) is 51.4 Å². The number of esters is 1. The van der Waals surface area contributed by atoms with Crippen LogP contribution < -0.4 is 21.0 Å². The first-order valence-electron chi connectivity index (χ1n) is 11.0. The van der Waals surface area contributed by atoms with Crippen molar-refractivity contribution in [1.82, 2.24) is 14.6 Å². The molecule has 2 unspecified atom stereocenters. The number of aliphatic hydroxyl groups excluding tert-OH is 1. The summed E-state index contributed by atoms with van der Waals surface area (Å²) in [6.07, 6.45) is -3.22. The number of carbonyl (C=O) groups excluding carboxylic acids is 1. The molecule has 2 heterocycles. The predicted octanol–water partition coefficient (Wildman–Crippen LogP) is 2.07. The molecule has 0 radical (unpaired) electrons. The minimum atomic E-state index is -4.26. The first-order valence-corrected chi connectivity index (χ1v) is 12.5. The molecule has 1 aliphatic rings. The lowest BCUT2D eigenvalue weighted by Crippen LogP contribution is -2.37. The maximum atomic E-state index is 13.6. The van der Waals surface area contributed by atoms with E-state index in [4.69, 9.17) is 24.3 Å². The average molecular weight is 526 g/mol. The molecule has 12 nitrogen and oxygen atoms in total. The van der Waals surface area contributed by atoms with E-state index in [1.165, 1.54) is 31.3 Å². The zero-order chi connectivity index (χ0) is 26.5. The van der Waals surface area contributed by atoms with Gasteiger partial charge in [0, 0.05) is 11.8 Å². The highest BCUT2D eigenvalue weighted by Gasteiger charge is 2.43. The lowest BCUT2D eigenvalue weighted by molar-refractivity contribution is -0.149. The van der Waals surface area contributed by atoms with Crippen molar-refractivity contribution in [2.24, 2.45) is 0 Å². The van der Waals surface area contributed by atoms with Crippen molar-refractivity contribution in [3.63, 3.8) is 0 Å². The van der Waals surface area contributed by atoms with Crippen LogP contribution >= 0.6 is 7.75 Å². The van der Waals surface area contributed by atoms with E-state index in [0.29, 0.717) is 0 Å². The standard InChI is InChI=1S/C22H28FN4O8P/c1-13(2)33-21(29)14(3)26-36(31,35-15-7-5-4-6-8-15)32-12-17-19(28)16(11-23)20(34-17)27-10-9-18(24)25-22(27)30/h4-11,13-14,17,19-20,28H,12H2,1-3H3,(H,26,31)(H2,24,25,30)/b16-11+/t14-,17-,19+,20?,36?/m1/s1. The molecule has 0 saturated carbocycles. The highest BCUT2D eigenvalue weighted by molar-refractivity contribution is 7.52. The van der Waals surface area contributed by atoms with Crippen LogP contribution in [-0.4, -0.2) is 51.6 Å². The molecule has 1 saturated heterocycles. The van der Waals surface area contributed by atoms with Gasteiger partial charge in [-0.3, -0.25) is 13.9 Å². The number of nitrogens with zero attached hydrogens (tertiary/aromatic N) is 2. The van der Waals surface area contributed by atoms with Crippen molar-refractivity contribution >= 4 is 19.5 Å². The zero-order valence-corrected chi connectivity index (χ0v) is 20.7. The van der Waals surface area contributed by atoms with E-state index in [9.17, 15) is 23.7 Å². The number of carbonyl (C=O) groups is 1. The van der Waals surface area contributed by atoms with Crippen molar-refractivity contribution in [2.75, 3.05) is 12.3 Å². The molecule has 1 aliphatic heterocycles. The van der Waals surface area contributed by atoms with E-state index in [2.05, 4.69) is 10.1 Å². The highest BCUT2D eigenvalue weighted by Crippen LogP contribution is 2.46. The molecule has 1 aromatic carbocycles.